The normalized spacial score (nSPS) is 16.5. The number of carbonyl (C=O) groups excluding carboxylic acids is 1. The summed E-state index contributed by atoms with van der Waals surface area (Å²) in [7, 11) is 1.52. The van der Waals surface area contributed by atoms with Crippen molar-refractivity contribution < 1.29 is 14.6 Å². The highest BCUT2D eigenvalue weighted by Crippen LogP contribution is 2.26. The number of carbonyl (C=O) groups is 1. The van der Waals surface area contributed by atoms with Crippen LogP contribution in [0.5, 0.6) is 11.5 Å². The van der Waals surface area contributed by atoms with Crippen LogP contribution in [0.4, 0.5) is 0 Å². The summed E-state index contributed by atoms with van der Waals surface area (Å²) in [6, 6.07) is 15.5. The van der Waals surface area contributed by atoms with Gasteiger partial charge in [0.1, 0.15) is 0 Å². The fraction of sp³-hybridized carbons (Fsp3) is 0.417. The van der Waals surface area contributed by atoms with Crippen molar-refractivity contribution in [1.82, 2.24) is 15.5 Å². The summed E-state index contributed by atoms with van der Waals surface area (Å²) in [4.78, 5) is 19.0. The number of methoxy groups -OCH3 is 1. The average Bonchev–Trinajstić information content (AvgIpc) is 3.14. The predicted molar refractivity (Wildman–Crippen MR) is 122 cm³/mol. The fourth-order valence-electron chi connectivity index (χ4n) is 3.70. The first-order valence-electron chi connectivity index (χ1n) is 10.8. The lowest BCUT2D eigenvalue weighted by Crippen LogP contribution is -2.40. The molecule has 3 N–H and O–H groups in total. The highest BCUT2D eigenvalue weighted by Gasteiger charge is 2.29. The summed E-state index contributed by atoms with van der Waals surface area (Å²) < 4.78 is 5.08. The Morgan fingerprint density at radius 1 is 1.19 bits per heavy atom. The first kappa shape index (κ1) is 22.5. The van der Waals surface area contributed by atoms with E-state index in [9.17, 15) is 9.90 Å². The SMILES string of the molecule is CCNC(=NCc1ccc(OC)c(O)c1)NCC1CC(=O)N(CCc2ccccc2)C1. The second kappa shape index (κ2) is 11.2. The van der Waals surface area contributed by atoms with Crippen molar-refractivity contribution in [3.63, 3.8) is 0 Å². The minimum atomic E-state index is 0.105. The Labute approximate surface area is 184 Å². The molecule has 7 heteroatoms. The van der Waals surface area contributed by atoms with Crippen molar-refractivity contribution >= 4 is 11.9 Å². The van der Waals surface area contributed by atoms with Crippen LogP contribution in [0.1, 0.15) is 24.5 Å². The molecule has 0 spiro atoms. The highest BCUT2D eigenvalue weighted by atomic mass is 16.5. The maximum absolute atomic E-state index is 12.4. The molecular weight excluding hydrogens is 392 g/mol. The van der Waals surface area contributed by atoms with Gasteiger partial charge in [-0.05, 0) is 36.6 Å². The minimum absolute atomic E-state index is 0.105. The van der Waals surface area contributed by atoms with E-state index in [2.05, 4.69) is 27.8 Å². The maximum atomic E-state index is 12.4. The zero-order valence-electron chi connectivity index (χ0n) is 18.3. The van der Waals surface area contributed by atoms with Crippen LogP contribution in [0.2, 0.25) is 0 Å². The third-order valence-electron chi connectivity index (χ3n) is 5.37. The number of guanidine groups is 1. The molecule has 2 aromatic rings. The zero-order valence-corrected chi connectivity index (χ0v) is 18.3. The number of ether oxygens (including phenoxy) is 1. The molecule has 0 aromatic heterocycles. The van der Waals surface area contributed by atoms with E-state index in [1.54, 1.807) is 12.1 Å². The van der Waals surface area contributed by atoms with E-state index in [0.29, 0.717) is 31.2 Å². The van der Waals surface area contributed by atoms with E-state index in [1.807, 2.05) is 36.1 Å². The molecule has 0 aliphatic carbocycles. The second-order valence-corrected chi connectivity index (χ2v) is 7.73. The van der Waals surface area contributed by atoms with Crippen molar-refractivity contribution in [3.05, 3.63) is 59.7 Å². The topological polar surface area (TPSA) is 86.2 Å². The lowest BCUT2D eigenvalue weighted by atomic mass is 10.1. The van der Waals surface area contributed by atoms with Crippen LogP contribution in [0, 0.1) is 5.92 Å². The van der Waals surface area contributed by atoms with Crippen molar-refractivity contribution in [2.24, 2.45) is 10.9 Å². The molecule has 1 saturated heterocycles. The van der Waals surface area contributed by atoms with Crippen molar-refractivity contribution in [1.29, 1.82) is 0 Å². The van der Waals surface area contributed by atoms with Gasteiger partial charge in [-0.15, -0.1) is 0 Å². The lowest BCUT2D eigenvalue weighted by Gasteiger charge is -2.18. The van der Waals surface area contributed by atoms with Gasteiger partial charge in [0.25, 0.3) is 0 Å². The molecule has 1 aliphatic heterocycles. The van der Waals surface area contributed by atoms with E-state index >= 15 is 0 Å². The second-order valence-electron chi connectivity index (χ2n) is 7.73. The van der Waals surface area contributed by atoms with Gasteiger partial charge in [-0.1, -0.05) is 36.4 Å². The number of aliphatic imine (C=N–C) groups is 1. The van der Waals surface area contributed by atoms with Crippen LogP contribution in [0.15, 0.2) is 53.5 Å². The third kappa shape index (κ3) is 6.64. The van der Waals surface area contributed by atoms with Crippen molar-refractivity contribution in [3.8, 4) is 11.5 Å². The largest absolute Gasteiger partial charge is 0.504 e. The van der Waals surface area contributed by atoms with Gasteiger partial charge in [0, 0.05) is 38.5 Å². The summed E-state index contributed by atoms with van der Waals surface area (Å²) in [5.41, 5.74) is 2.14. The number of hydrogen-bond donors (Lipinski definition) is 3. The number of nitrogens with zero attached hydrogens (tertiary/aromatic N) is 2. The number of phenols is 1. The molecule has 1 unspecified atom stereocenters. The molecule has 7 nitrogen and oxygen atoms in total. The molecule has 0 bridgehead atoms. The van der Waals surface area contributed by atoms with Gasteiger partial charge in [0.15, 0.2) is 17.5 Å². The molecule has 166 valence electrons. The van der Waals surface area contributed by atoms with Crippen LogP contribution in [-0.2, 0) is 17.8 Å². The third-order valence-corrected chi connectivity index (χ3v) is 5.37. The molecule has 0 saturated carbocycles. The maximum Gasteiger partial charge on any atom is 0.223 e. The summed E-state index contributed by atoms with van der Waals surface area (Å²) in [6.45, 7) is 5.40. The first-order valence-corrected chi connectivity index (χ1v) is 10.8. The number of phenolic OH excluding ortho intramolecular Hbond substituents is 1. The average molecular weight is 425 g/mol. The standard InChI is InChI=1S/C24H32N4O3/c1-3-25-24(26-15-19-9-10-22(31-2)21(29)13-19)27-16-20-14-23(30)28(17-20)12-11-18-7-5-4-6-8-18/h4-10,13,20,29H,3,11-12,14-17H2,1-2H3,(H2,25,26,27). The summed E-state index contributed by atoms with van der Waals surface area (Å²) in [5, 5.41) is 16.5. The number of aromatic hydroxyl groups is 1. The molecule has 0 radical (unpaired) electrons. The van der Waals surface area contributed by atoms with Gasteiger partial charge >= 0.3 is 0 Å². The van der Waals surface area contributed by atoms with Crippen LogP contribution in [0.25, 0.3) is 0 Å². The summed E-state index contributed by atoms with van der Waals surface area (Å²) in [6.07, 6.45) is 1.44. The minimum Gasteiger partial charge on any atom is -0.504 e. The number of hydrogen-bond acceptors (Lipinski definition) is 4. The summed E-state index contributed by atoms with van der Waals surface area (Å²) in [5.74, 6) is 1.73. The number of nitrogens with one attached hydrogen (secondary N) is 2. The molecule has 3 rings (SSSR count). The number of likely N-dealkylation sites (tertiary alicyclic amines) is 1. The van der Waals surface area contributed by atoms with Gasteiger partial charge in [-0.25, -0.2) is 4.99 Å². The van der Waals surface area contributed by atoms with Gasteiger partial charge in [-0.2, -0.15) is 0 Å². The smallest absolute Gasteiger partial charge is 0.223 e. The quantitative estimate of drug-likeness (QED) is 0.425. The molecule has 1 aliphatic rings. The number of amides is 1. The van der Waals surface area contributed by atoms with E-state index in [4.69, 9.17) is 4.74 Å². The molecule has 1 atom stereocenters. The van der Waals surface area contributed by atoms with E-state index in [-0.39, 0.29) is 17.6 Å². The van der Waals surface area contributed by atoms with E-state index < -0.39 is 0 Å². The highest BCUT2D eigenvalue weighted by molar-refractivity contribution is 5.81. The van der Waals surface area contributed by atoms with Crippen LogP contribution >= 0.6 is 0 Å². The molecule has 1 amide bonds. The van der Waals surface area contributed by atoms with E-state index in [0.717, 1.165) is 31.6 Å². The number of benzene rings is 2. The number of rotatable bonds is 9. The fourth-order valence-corrected chi connectivity index (χ4v) is 3.70. The van der Waals surface area contributed by atoms with Gasteiger partial charge in [-0.3, -0.25) is 4.79 Å². The molecular formula is C24H32N4O3. The van der Waals surface area contributed by atoms with Crippen LogP contribution < -0.4 is 15.4 Å². The molecule has 31 heavy (non-hydrogen) atoms. The van der Waals surface area contributed by atoms with Gasteiger partial charge < -0.3 is 25.4 Å². The van der Waals surface area contributed by atoms with Crippen molar-refractivity contribution in [2.75, 3.05) is 33.3 Å². The van der Waals surface area contributed by atoms with Crippen LogP contribution in [0.3, 0.4) is 0 Å². The Morgan fingerprint density at radius 2 is 2.00 bits per heavy atom. The Balaban J connectivity index is 1.49. The summed E-state index contributed by atoms with van der Waals surface area (Å²) >= 11 is 0. The monoisotopic (exact) mass is 424 g/mol. The molecule has 1 heterocycles. The zero-order chi connectivity index (χ0) is 22.1. The predicted octanol–water partition coefficient (Wildman–Crippen LogP) is 2.55. The van der Waals surface area contributed by atoms with Gasteiger partial charge in [0.05, 0.1) is 13.7 Å². The Morgan fingerprint density at radius 3 is 2.71 bits per heavy atom. The molecule has 2 aromatic carbocycles. The van der Waals surface area contributed by atoms with Crippen LogP contribution in [-0.4, -0.2) is 55.2 Å². The van der Waals surface area contributed by atoms with Crippen molar-refractivity contribution in [2.45, 2.75) is 26.3 Å². The Kier molecular flexibility index (Phi) is 8.15. The lowest BCUT2D eigenvalue weighted by molar-refractivity contribution is -0.127. The first-order chi connectivity index (χ1) is 15.1. The Bertz CT molecular complexity index is 886. The van der Waals surface area contributed by atoms with E-state index in [1.165, 1.54) is 12.7 Å². The van der Waals surface area contributed by atoms with Gasteiger partial charge in [0.2, 0.25) is 5.91 Å². The Hall–Kier alpha value is -3.22. The molecule has 1 fully saturated rings.